The molecule has 1 aromatic carbocycles. The van der Waals surface area contributed by atoms with Gasteiger partial charge in [-0.25, -0.2) is 23.3 Å². The number of halogens is 2. The van der Waals surface area contributed by atoms with Crippen LogP contribution in [0, 0.1) is 10.6 Å². The van der Waals surface area contributed by atoms with Crippen LogP contribution in [0.25, 0.3) is 5.69 Å². The summed E-state index contributed by atoms with van der Waals surface area (Å²) in [4.78, 5) is 46.8. The molecule has 1 aliphatic rings. The van der Waals surface area contributed by atoms with E-state index in [0.717, 1.165) is 15.2 Å². The van der Waals surface area contributed by atoms with Crippen molar-refractivity contribution in [3.63, 3.8) is 0 Å². The fraction of sp³-hybridized carbons (Fsp3) is 0.400. The van der Waals surface area contributed by atoms with Crippen molar-refractivity contribution in [1.82, 2.24) is 13.7 Å². The molecule has 11 nitrogen and oxygen atoms in total. The zero-order valence-electron chi connectivity index (χ0n) is 18.8. The number of nitrogens with zero attached hydrogens (tertiary/aromatic N) is 5. The summed E-state index contributed by atoms with van der Waals surface area (Å²) in [5.41, 5.74) is -2.27. The number of rotatable bonds is 6. The second-order valence-electron chi connectivity index (χ2n) is 7.88. The van der Waals surface area contributed by atoms with Crippen molar-refractivity contribution in [2.24, 2.45) is 24.4 Å². The van der Waals surface area contributed by atoms with Crippen LogP contribution >= 0.6 is 23.8 Å². The second-order valence-corrected chi connectivity index (χ2v) is 8.66. The Morgan fingerprint density at radius 1 is 1.35 bits per heavy atom. The largest absolute Gasteiger partial charge is 0.478 e. The maximum absolute atomic E-state index is 14.9. The molecule has 0 spiro atoms. The lowest BCUT2D eigenvalue weighted by Crippen LogP contribution is -2.43. The molecular weight excluding hydrogens is 493 g/mol. The molecule has 0 saturated carbocycles. The number of hydrogen-bond donors (Lipinski definition) is 1. The van der Waals surface area contributed by atoms with Gasteiger partial charge < -0.3 is 14.8 Å². The Morgan fingerprint density at radius 3 is 2.50 bits per heavy atom. The van der Waals surface area contributed by atoms with Gasteiger partial charge in [0, 0.05) is 26.1 Å². The highest BCUT2D eigenvalue weighted by molar-refractivity contribution is 7.71. The van der Waals surface area contributed by atoms with Crippen LogP contribution in [0.1, 0.15) is 32.8 Å². The first-order valence-electron chi connectivity index (χ1n) is 9.86. The van der Waals surface area contributed by atoms with Crippen LogP contribution in [0.15, 0.2) is 32.0 Å². The van der Waals surface area contributed by atoms with Crippen molar-refractivity contribution in [2.45, 2.75) is 38.9 Å². The molecule has 0 bridgehead atoms. The van der Waals surface area contributed by atoms with Gasteiger partial charge in [0.1, 0.15) is 11.5 Å². The average Bonchev–Trinajstić information content (AvgIpc) is 3.18. The third kappa shape index (κ3) is 4.40. The van der Waals surface area contributed by atoms with E-state index >= 15 is 0 Å². The third-order valence-corrected chi connectivity index (χ3v) is 6.30. The van der Waals surface area contributed by atoms with Crippen LogP contribution in [0.3, 0.4) is 0 Å². The minimum atomic E-state index is -1.18. The van der Waals surface area contributed by atoms with Gasteiger partial charge in [0.25, 0.3) is 0 Å². The Hall–Kier alpha value is -3.32. The molecule has 2 atom stereocenters. The molecule has 1 aliphatic heterocycles. The van der Waals surface area contributed by atoms with E-state index in [1.165, 1.54) is 27.1 Å². The minimum absolute atomic E-state index is 0.0210. The zero-order valence-corrected chi connectivity index (χ0v) is 20.4. The Morgan fingerprint density at radius 2 is 1.94 bits per heavy atom. The van der Waals surface area contributed by atoms with Gasteiger partial charge in [-0.05, 0) is 45.1 Å². The van der Waals surface area contributed by atoms with Crippen molar-refractivity contribution in [1.29, 1.82) is 0 Å². The monoisotopic (exact) mass is 513 g/mol. The van der Waals surface area contributed by atoms with E-state index in [-0.39, 0.29) is 27.5 Å². The fourth-order valence-electron chi connectivity index (χ4n) is 3.08. The molecule has 3 rings (SSSR count). The van der Waals surface area contributed by atoms with Crippen molar-refractivity contribution >= 4 is 41.2 Å². The molecular formula is C20H21ClFN5O6S. The van der Waals surface area contributed by atoms with Crippen LogP contribution in [0.4, 0.5) is 4.39 Å². The summed E-state index contributed by atoms with van der Waals surface area (Å²) in [7, 11) is 2.73. The number of aromatic nitrogens is 3. The van der Waals surface area contributed by atoms with Gasteiger partial charge in [-0.15, -0.1) is 0 Å². The van der Waals surface area contributed by atoms with Crippen LogP contribution in [0.5, 0.6) is 0 Å². The van der Waals surface area contributed by atoms with Gasteiger partial charge in [0.15, 0.2) is 10.4 Å². The molecule has 0 saturated heterocycles. The Kier molecular flexibility index (Phi) is 6.80. The van der Waals surface area contributed by atoms with Crippen molar-refractivity contribution in [3.8, 4) is 5.69 Å². The van der Waals surface area contributed by atoms with Gasteiger partial charge in [-0.1, -0.05) is 21.9 Å². The molecule has 0 aliphatic carbocycles. The smallest absolute Gasteiger partial charge is 0.347 e. The predicted molar refractivity (Wildman–Crippen MR) is 124 cm³/mol. The average molecular weight is 514 g/mol. The number of carboxylic acid groups (broad SMARTS) is 1. The number of benzene rings is 1. The molecule has 0 radical (unpaired) electrons. The standard InChI is InChI=1S/C20H21ClFN5O6S/c1-9(16(28)29)32-23-10(2)20(3)8-14(24-33-20)11-6-15(13(22)7-12(11)21)27-17(30)25(4)19(34)26(5)18(27)31/h6-7,9H,8H2,1-5H3,(H,28,29). The van der Waals surface area contributed by atoms with Crippen molar-refractivity contribution in [3.05, 3.63) is 54.3 Å². The zero-order chi connectivity index (χ0) is 25.5. The van der Waals surface area contributed by atoms with E-state index < -0.39 is 34.9 Å². The number of carbonyl (C=O) groups is 1. The maximum Gasteiger partial charge on any atom is 0.347 e. The Labute approximate surface area is 202 Å². The molecule has 1 N–H and O–H groups in total. The lowest BCUT2D eigenvalue weighted by atomic mass is 9.92. The van der Waals surface area contributed by atoms with Gasteiger partial charge in [-0.3, -0.25) is 9.13 Å². The normalized spacial score (nSPS) is 18.9. The van der Waals surface area contributed by atoms with Gasteiger partial charge >= 0.3 is 17.3 Å². The number of oxime groups is 2. The lowest BCUT2D eigenvalue weighted by Gasteiger charge is -2.21. The fourth-order valence-corrected chi connectivity index (χ4v) is 3.50. The highest BCUT2D eigenvalue weighted by Crippen LogP contribution is 2.32. The molecule has 1 aromatic heterocycles. The van der Waals surface area contributed by atoms with E-state index in [1.807, 2.05) is 0 Å². The maximum atomic E-state index is 14.9. The number of aliphatic carboxylic acids is 1. The van der Waals surface area contributed by atoms with E-state index in [4.69, 9.17) is 38.6 Å². The Balaban J connectivity index is 2.04. The van der Waals surface area contributed by atoms with Crippen LogP contribution in [-0.2, 0) is 28.6 Å². The van der Waals surface area contributed by atoms with E-state index in [1.54, 1.807) is 13.8 Å². The molecule has 34 heavy (non-hydrogen) atoms. The summed E-state index contributed by atoms with van der Waals surface area (Å²) in [5.74, 6) is -2.09. The van der Waals surface area contributed by atoms with Crippen LogP contribution < -0.4 is 11.4 Å². The Bertz CT molecular complexity index is 1390. The first-order chi connectivity index (χ1) is 15.8. The quantitative estimate of drug-likeness (QED) is 0.356. The van der Waals surface area contributed by atoms with Gasteiger partial charge in [0.2, 0.25) is 6.10 Å². The second kappa shape index (κ2) is 9.14. The topological polar surface area (TPSA) is 129 Å². The first-order valence-corrected chi connectivity index (χ1v) is 10.6. The summed E-state index contributed by atoms with van der Waals surface area (Å²) < 4.78 is 17.6. The third-order valence-electron chi connectivity index (χ3n) is 5.44. The van der Waals surface area contributed by atoms with Crippen LogP contribution in [-0.4, -0.2) is 47.9 Å². The summed E-state index contributed by atoms with van der Waals surface area (Å²) in [6, 6.07) is 2.20. The number of hydrogen-bond acceptors (Lipinski definition) is 8. The van der Waals surface area contributed by atoms with Crippen molar-refractivity contribution < 1.29 is 24.0 Å². The summed E-state index contributed by atoms with van der Waals surface area (Å²) in [5, 5.41) is 16.8. The minimum Gasteiger partial charge on any atom is -0.478 e. The summed E-state index contributed by atoms with van der Waals surface area (Å²) in [6.45, 7) is 4.55. The van der Waals surface area contributed by atoms with E-state index in [0.29, 0.717) is 16.0 Å². The molecule has 2 heterocycles. The molecule has 0 amide bonds. The first kappa shape index (κ1) is 25.3. The van der Waals surface area contributed by atoms with Crippen LogP contribution in [0.2, 0.25) is 5.02 Å². The summed E-state index contributed by atoms with van der Waals surface area (Å²) in [6.07, 6.45) is -1.05. The SMILES string of the molecule is CC(=NOC(C)C(=O)O)C1(C)CC(c2cc(-n3c(=O)n(C)c(=S)n(C)c3=O)c(F)cc2Cl)=NO1. The number of carboxylic acids is 1. The van der Waals surface area contributed by atoms with Gasteiger partial charge in [-0.2, -0.15) is 0 Å². The van der Waals surface area contributed by atoms with Crippen molar-refractivity contribution in [2.75, 3.05) is 0 Å². The molecule has 14 heteroatoms. The highest BCUT2D eigenvalue weighted by atomic mass is 35.5. The summed E-state index contributed by atoms with van der Waals surface area (Å²) >= 11 is 11.3. The molecule has 2 unspecified atom stereocenters. The van der Waals surface area contributed by atoms with E-state index in [2.05, 4.69) is 10.3 Å². The molecule has 2 aromatic rings. The highest BCUT2D eigenvalue weighted by Gasteiger charge is 2.39. The van der Waals surface area contributed by atoms with Gasteiger partial charge in [0.05, 0.1) is 16.4 Å². The molecule has 0 fully saturated rings. The molecule has 182 valence electrons. The lowest BCUT2D eigenvalue weighted by molar-refractivity contribution is -0.149. The van der Waals surface area contributed by atoms with E-state index in [9.17, 15) is 18.8 Å². The predicted octanol–water partition coefficient (Wildman–Crippen LogP) is 2.15.